The van der Waals surface area contributed by atoms with Crippen molar-refractivity contribution < 1.29 is 14.3 Å². The maximum atomic E-state index is 12.3. The zero-order valence-corrected chi connectivity index (χ0v) is 15.1. The molecule has 7 heteroatoms. The Bertz CT molecular complexity index is 588. The van der Waals surface area contributed by atoms with E-state index in [-0.39, 0.29) is 18.2 Å². The smallest absolute Gasteiger partial charge is 0.410 e. The second-order valence-corrected chi connectivity index (χ2v) is 7.73. The van der Waals surface area contributed by atoms with Gasteiger partial charge in [-0.05, 0) is 33.3 Å². The van der Waals surface area contributed by atoms with Gasteiger partial charge in [-0.2, -0.15) is 0 Å². The number of pyridine rings is 1. The molecule has 0 spiro atoms. The first-order valence-electron chi connectivity index (χ1n) is 8.32. The largest absolute Gasteiger partial charge is 0.473 e. The second-order valence-electron chi connectivity index (χ2n) is 7.29. The average molecular weight is 354 g/mol. The number of fused-ring (bicyclic) bond motifs is 1. The summed E-state index contributed by atoms with van der Waals surface area (Å²) in [6.45, 7) is 8.78. The van der Waals surface area contributed by atoms with E-state index in [9.17, 15) is 4.79 Å². The number of piperazine rings is 1. The van der Waals surface area contributed by atoms with E-state index in [1.165, 1.54) is 0 Å². The van der Waals surface area contributed by atoms with Crippen molar-refractivity contribution in [2.24, 2.45) is 0 Å². The summed E-state index contributed by atoms with van der Waals surface area (Å²) in [5.41, 5.74) is -0.479. The Kier molecular flexibility index (Phi) is 4.88. The zero-order valence-electron chi connectivity index (χ0n) is 14.4. The van der Waals surface area contributed by atoms with E-state index in [0.29, 0.717) is 24.0 Å². The van der Waals surface area contributed by atoms with E-state index in [1.54, 1.807) is 23.2 Å². The van der Waals surface area contributed by atoms with Crippen LogP contribution in [0.4, 0.5) is 4.79 Å². The number of halogens is 1. The van der Waals surface area contributed by atoms with Crippen LogP contribution in [0.3, 0.4) is 0 Å². The number of nitrogens with zero attached hydrogens (tertiary/aromatic N) is 3. The molecule has 0 aliphatic carbocycles. The summed E-state index contributed by atoms with van der Waals surface area (Å²) in [4.78, 5) is 20.7. The monoisotopic (exact) mass is 353 g/mol. The summed E-state index contributed by atoms with van der Waals surface area (Å²) in [6.07, 6.45) is 2.27. The van der Waals surface area contributed by atoms with Gasteiger partial charge in [0.15, 0.2) is 0 Å². The Labute approximate surface area is 147 Å². The van der Waals surface area contributed by atoms with Gasteiger partial charge in [0.2, 0.25) is 5.88 Å². The number of amides is 1. The molecule has 0 bridgehead atoms. The standard InChI is InChI=1S/C17H24ClN3O3/c1-17(2,3)24-16(22)21-9-8-20-7-6-14(13(20)11-21)23-15-5-4-12(18)10-19-15/h4-5,10,13-14H,6-9,11H2,1-3H3/t13-,14-/m1/s1. The molecule has 24 heavy (non-hydrogen) atoms. The molecule has 2 saturated heterocycles. The lowest BCUT2D eigenvalue weighted by atomic mass is 10.1. The quantitative estimate of drug-likeness (QED) is 0.818. The van der Waals surface area contributed by atoms with Crippen molar-refractivity contribution in [3.8, 4) is 5.88 Å². The van der Waals surface area contributed by atoms with Gasteiger partial charge in [-0.15, -0.1) is 0 Å². The Morgan fingerprint density at radius 1 is 1.29 bits per heavy atom. The highest BCUT2D eigenvalue weighted by atomic mass is 35.5. The van der Waals surface area contributed by atoms with Gasteiger partial charge in [0.25, 0.3) is 0 Å². The van der Waals surface area contributed by atoms with Crippen molar-refractivity contribution in [2.75, 3.05) is 26.2 Å². The third-order valence-corrected chi connectivity index (χ3v) is 4.51. The Morgan fingerprint density at radius 3 is 2.75 bits per heavy atom. The van der Waals surface area contributed by atoms with Crippen LogP contribution >= 0.6 is 11.6 Å². The van der Waals surface area contributed by atoms with E-state index < -0.39 is 5.60 Å². The Balaban J connectivity index is 1.63. The van der Waals surface area contributed by atoms with Crippen LogP contribution in [0.5, 0.6) is 5.88 Å². The predicted octanol–water partition coefficient (Wildman–Crippen LogP) is 2.81. The van der Waals surface area contributed by atoms with Crippen molar-refractivity contribution in [1.29, 1.82) is 0 Å². The molecule has 2 atom stereocenters. The van der Waals surface area contributed by atoms with E-state index in [0.717, 1.165) is 19.5 Å². The summed E-state index contributed by atoms with van der Waals surface area (Å²) < 4.78 is 11.5. The van der Waals surface area contributed by atoms with Gasteiger partial charge in [0.1, 0.15) is 11.7 Å². The van der Waals surface area contributed by atoms with Gasteiger partial charge < -0.3 is 14.4 Å². The van der Waals surface area contributed by atoms with E-state index in [2.05, 4.69) is 9.88 Å². The highest BCUT2D eigenvalue weighted by molar-refractivity contribution is 6.30. The number of carbonyl (C=O) groups excluding carboxylic acids is 1. The highest BCUT2D eigenvalue weighted by Crippen LogP contribution is 2.27. The van der Waals surface area contributed by atoms with Crippen LogP contribution in [-0.4, -0.2) is 64.8 Å². The molecule has 0 radical (unpaired) electrons. The molecular formula is C17H24ClN3O3. The summed E-state index contributed by atoms with van der Waals surface area (Å²) in [6, 6.07) is 3.72. The number of ether oxygens (including phenoxy) is 2. The van der Waals surface area contributed by atoms with Crippen LogP contribution < -0.4 is 4.74 Å². The number of rotatable bonds is 2. The van der Waals surface area contributed by atoms with Crippen LogP contribution in [0, 0.1) is 0 Å². The maximum absolute atomic E-state index is 12.3. The van der Waals surface area contributed by atoms with Crippen molar-refractivity contribution in [1.82, 2.24) is 14.8 Å². The number of carbonyl (C=O) groups is 1. The molecule has 0 aromatic carbocycles. The average Bonchev–Trinajstić information content (AvgIpc) is 2.90. The Hall–Kier alpha value is -1.53. The number of hydrogen-bond acceptors (Lipinski definition) is 5. The zero-order chi connectivity index (χ0) is 17.3. The summed E-state index contributed by atoms with van der Waals surface area (Å²) >= 11 is 5.86. The van der Waals surface area contributed by atoms with Gasteiger partial charge >= 0.3 is 6.09 Å². The molecule has 2 fully saturated rings. The van der Waals surface area contributed by atoms with E-state index in [1.807, 2.05) is 20.8 Å². The molecule has 0 unspecified atom stereocenters. The number of aromatic nitrogens is 1. The minimum Gasteiger partial charge on any atom is -0.473 e. The molecule has 3 heterocycles. The lowest BCUT2D eigenvalue weighted by Gasteiger charge is -2.39. The van der Waals surface area contributed by atoms with Crippen LogP contribution in [0.15, 0.2) is 18.3 Å². The van der Waals surface area contributed by atoms with Gasteiger partial charge in [-0.3, -0.25) is 4.90 Å². The molecule has 0 N–H and O–H groups in total. The van der Waals surface area contributed by atoms with Crippen LogP contribution in [-0.2, 0) is 4.74 Å². The summed E-state index contributed by atoms with van der Waals surface area (Å²) in [5, 5.41) is 0.587. The third-order valence-electron chi connectivity index (χ3n) is 4.29. The maximum Gasteiger partial charge on any atom is 0.410 e. The predicted molar refractivity (Wildman–Crippen MR) is 91.4 cm³/mol. The SMILES string of the molecule is CC(C)(C)OC(=O)N1CCN2CC[C@@H](Oc3ccc(Cl)cn3)[C@H]2C1. The first-order valence-corrected chi connectivity index (χ1v) is 8.70. The van der Waals surface area contributed by atoms with Gasteiger partial charge in [0, 0.05) is 38.4 Å². The van der Waals surface area contributed by atoms with Gasteiger partial charge in [-0.1, -0.05) is 11.6 Å². The molecular weight excluding hydrogens is 330 g/mol. The molecule has 1 aromatic rings. The summed E-state index contributed by atoms with van der Waals surface area (Å²) in [7, 11) is 0. The molecule has 1 aromatic heterocycles. The fourth-order valence-electron chi connectivity index (χ4n) is 3.18. The fourth-order valence-corrected chi connectivity index (χ4v) is 3.29. The minimum atomic E-state index is -0.479. The molecule has 6 nitrogen and oxygen atoms in total. The topological polar surface area (TPSA) is 54.9 Å². The molecule has 3 rings (SSSR count). The lowest BCUT2D eigenvalue weighted by Crippen LogP contribution is -2.56. The van der Waals surface area contributed by atoms with Crippen LogP contribution in [0.25, 0.3) is 0 Å². The van der Waals surface area contributed by atoms with Gasteiger partial charge in [0.05, 0.1) is 11.1 Å². The lowest BCUT2D eigenvalue weighted by molar-refractivity contribution is 0.000706. The molecule has 132 valence electrons. The molecule has 2 aliphatic heterocycles. The normalized spacial score (nSPS) is 24.6. The first-order chi connectivity index (χ1) is 11.3. The van der Waals surface area contributed by atoms with Crippen molar-refractivity contribution in [2.45, 2.75) is 44.9 Å². The van der Waals surface area contributed by atoms with E-state index in [4.69, 9.17) is 21.1 Å². The molecule has 1 amide bonds. The fraction of sp³-hybridized carbons (Fsp3) is 0.647. The summed E-state index contributed by atoms with van der Waals surface area (Å²) in [5.74, 6) is 0.570. The minimum absolute atomic E-state index is 0.0175. The molecule has 0 saturated carbocycles. The van der Waals surface area contributed by atoms with Crippen LogP contribution in [0.2, 0.25) is 5.02 Å². The van der Waals surface area contributed by atoms with Gasteiger partial charge in [-0.25, -0.2) is 9.78 Å². The van der Waals surface area contributed by atoms with E-state index >= 15 is 0 Å². The Morgan fingerprint density at radius 2 is 2.08 bits per heavy atom. The third kappa shape index (κ3) is 4.11. The van der Waals surface area contributed by atoms with Crippen molar-refractivity contribution in [3.63, 3.8) is 0 Å². The first kappa shape index (κ1) is 17.3. The molecule has 2 aliphatic rings. The second kappa shape index (κ2) is 6.76. The van der Waals surface area contributed by atoms with Crippen molar-refractivity contribution >= 4 is 17.7 Å². The highest BCUT2D eigenvalue weighted by Gasteiger charge is 2.41. The van der Waals surface area contributed by atoms with Crippen LogP contribution in [0.1, 0.15) is 27.2 Å². The van der Waals surface area contributed by atoms with Crippen molar-refractivity contribution in [3.05, 3.63) is 23.4 Å². The number of hydrogen-bond donors (Lipinski definition) is 0.